The minimum atomic E-state index is -4.87. The van der Waals surface area contributed by atoms with Crippen molar-refractivity contribution in [2.75, 3.05) is 19.3 Å². The summed E-state index contributed by atoms with van der Waals surface area (Å²) in [6.45, 7) is 8.72. The highest BCUT2D eigenvalue weighted by molar-refractivity contribution is 7.92. The van der Waals surface area contributed by atoms with Gasteiger partial charge in [-0.1, -0.05) is 49.6 Å². The quantitative estimate of drug-likeness (QED) is 0.253. The van der Waals surface area contributed by atoms with Crippen molar-refractivity contribution < 1.29 is 45.5 Å². The molecule has 11 nitrogen and oxygen atoms in total. The SMILES string of the molecule is CC(C)(C)NC(=O)[C@@H]1C[C@@H]2CCCC[C@@H]2CN1C[C@@H](O)[C@H](Cc1ccccc1)NC(=O)[C@@H](NC(=O)c1ccc(C(F)(F)F)o1)C(C)(C)S(C)(=O)=O. The summed E-state index contributed by atoms with van der Waals surface area (Å²) in [7, 11) is -4.07. The molecule has 15 heteroatoms. The number of benzene rings is 1. The number of aliphatic hydroxyl groups excluding tert-OH is 1. The molecule has 0 unspecified atom stereocenters. The van der Waals surface area contributed by atoms with Crippen LogP contribution in [-0.4, -0.2) is 90.0 Å². The Balaban J connectivity index is 1.63. The summed E-state index contributed by atoms with van der Waals surface area (Å²) in [6.07, 6.45) is -0.272. The van der Waals surface area contributed by atoms with Crippen LogP contribution in [0.1, 0.15) is 88.6 Å². The number of piperidine rings is 1. The van der Waals surface area contributed by atoms with E-state index in [4.69, 9.17) is 0 Å². The predicted octanol–water partition coefficient (Wildman–Crippen LogP) is 4.10. The number of furan rings is 1. The molecule has 4 N–H and O–H groups in total. The molecule has 2 aliphatic rings. The van der Waals surface area contributed by atoms with E-state index < -0.39 is 73.9 Å². The number of nitrogens with zero attached hydrogens (tertiary/aromatic N) is 1. The van der Waals surface area contributed by atoms with Crippen LogP contribution in [0.25, 0.3) is 0 Å². The Morgan fingerprint density at radius 1 is 0.961 bits per heavy atom. The topological polar surface area (TPSA) is 158 Å². The van der Waals surface area contributed by atoms with Gasteiger partial charge >= 0.3 is 6.18 Å². The van der Waals surface area contributed by atoms with Gasteiger partial charge in [0.15, 0.2) is 15.6 Å². The predicted molar refractivity (Wildman–Crippen MR) is 185 cm³/mol. The van der Waals surface area contributed by atoms with E-state index in [-0.39, 0.29) is 18.9 Å². The van der Waals surface area contributed by atoms with Gasteiger partial charge in [0.05, 0.1) is 22.9 Å². The molecule has 0 spiro atoms. The van der Waals surface area contributed by atoms with Gasteiger partial charge in [0.25, 0.3) is 5.91 Å². The van der Waals surface area contributed by atoms with Gasteiger partial charge in [-0.3, -0.25) is 19.3 Å². The number of nitrogens with one attached hydrogen (secondary N) is 3. The number of fused-ring (bicyclic) bond motifs is 1. The van der Waals surface area contributed by atoms with E-state index in [0.29, 0.717) is 30.9 Å². The first-order chi connectivity index (χ1) is 23.6. The van der Waals surface area contributed by atoms with E-state index in [1.54, 1.807) is 30.3 Å². The molecule has 51 heavy (non-hydrogen) atoms. The maximum atomic E-state index is 14.1. The Morgan fingerprint density at radius 2 is 1.59 bits per heavy atom. The zero-order valence-corrected chi connectivity index (χ0v) is 30.9. The van der Waals surface area contributed by atoms with Crippen LogP contribution in [0, 0.1) is 11.8 Å². The summed E-state index contributed by atoms with van der Waals surface area (Å²) in [5.41, 5.74) is 0.262. The summed E-state index contributed by atoms with van der Waals surface area (Å²) in [4.78, 5) is 42.8. The standard InChI is InChI=1S/C36H51F3N4O7S/c1-34(2,3)42-31(45)26-19-23-14-10-11-15-24(23)20-43(26)21-27(44)25(18-22-12-8-7-9-13-22)40-33(47)30(35(4,5)51(6,48)49)41-32(46)28-16-17-29(50-28)36(37,38)39/h7-9,12-13,16-17,23-27,30,44H,10-11,14-15,18-21H2,1-6H3,(H,40,47)(H,41,46)(H,42,45)/t23-,24+,25-,26-,27+,30+/m0/s1. The number of alkyl halides is 3. The summed E-state index contributed by atoms with van der Waals surface area (Å²) in [6, 6.07) is 6.97. The highest BCUT2D eigenvalue weighted by Gasteiger charge is 2.47. The molecule has 1 aromatic carbocycles. The minimum absolute atomic E-state index is 0.0162. The lowest BCUT2D eigenvalue weighted by Gasteiger charge is -2.47. The van der Waals surface area contributed by atoms with Gasteiger partial charge in [0.1, 0.15) is 6.04 Å². The molecule has 1 saturated heterocycles. The van der Waals surface area contributed by atoms with Gasteiger partial charge in [-0.15, -0.1) is 0 Å². The van der Waals surface area contributed by atoms with Crippen molar-refractivity contribution in [3.05, 3.63) is 59.5 Å². The molecule has 2 heterocycles. The second-order valence-corrected chi connectivity index (χ2v) is 18.2. The van der Waals surface area contributed by atoms with Crippen LogP contribution in [0.15, 0.2) is 46.9 Å². The van der Waals surface area contributed by atoms with Crippen LogP contribution >= 0.6 is 0 Å². The lowest BCUT2D eigenvalue weighted by atomic mass is 9.72. The fourth-order valence-electron chi connectivity index (χ4n) is 7.00. The van der Waals surface area contributed by atoms with E-state index in [1.165, 1.54) is 13.8 Å². The lowest BCUT2D eigenvalue weighted by Crippen LogP contribution is -2.64. The molecular weight excluding hydrogens is 689 g/mol. The maximum Gasteiger partial charge on any atom is 0.449 e. The molecular formula is C36H51F3N4O7S. The molecule has 6 atom stereocenters. The smallest absolute Gasteiger partial charge is 0.446 e. The Labute approximate surface area is 298 Å². The molecule has 2 fully saturated rings. The third-order valence-electron chi connectivity index (χ3n) is 10.1. The molecule has 0 radical (unpaired) electrons. The summed E-state index contributed by atoms with van der Waals surface area (Å²) in [5.74, 6) is -3.83. The monoisotopic (exact) mass is 740 g/mol. The van der Waals surface area contributed by atoms with Crippen LogP contribution in [0.5, 0.6) is 0 Å². The normalized spacial score (nSPS) is 22.3. The van der Waals surface area contributed by atoms with Crippen molar-refractivity contribution >= 4 is 27.6 Å². The number of β-amino-alcohol motifs (C(OH)–C–C–N with tert-alkyl or cyclic N) is 1. The third kappa shape index (κ3) is 10.3. The Bertz CT molecular complexity index is 1640. The lowest BCUT2D eigenvalue weighted by molar-refractivity contribution is -0.153. The molecule has 1 aromatic heterocycles. The van der Waals surface area contributed by atoms with Gasteiger partial charge in [0, 0.05) is 24.9 Å². The first kappa shape index (κ1) is 40.3. The van der Waals surface area contributed by atoms with E-state index in [1.807, 2.05) is 25.7 Å². The highest BCUT2D eigenvalue weighted by atomic mass is 32.2. The second-order valence-electron chi connectivity index (χ2n) is 15.6. The van der Waals surface area contributed by atoms with Crippen LogP contribution in [0.3, 0.4) is 0 Å². The van der Waals surface area contributed by atoms with Gasteiger partial charge in [-0.2, -0.15) is 13.2 Å². The fraction of sp³-hybridized carbons (Fsp3) is 0.639. The number of amides is 3. The number of carbonyl (C=O) groups is 3. The maximum absolute atomic E-state index is 14.1. The first-order valence-electron chi connectivity index (χ1n) is 17.3. The minimum Gasteiger partial charge on any atom is -0.446 e. The van der Waals surface area contributed by atoms with Crippen LogP contribution in [0.2, 0.25) is 0 Å². The van der Waals surface area contributed by atoms with Crippen LogP contribution < -0.4 is 16.0 Å². The van der Waals surface area contributed by atoms with E-state index in [2.05, 4.69) is 20.4 Å². The Kier molecular flexibility index (Phi) is 12.4. The molecule has 1 aliphatic heterocycles. The van der Waals surface area contributed by atoms with Gasteiger partial charge in [-0.05, 0) is 83.4 Å². The first-order valence-corrected chi connectivity index (χ1v) is 19.2. The second kappa shape index (κ2) is 15.7. The Hall–Kier alpha value is -3.43. The van der Waals surface area contributed by atoms with Crippen LogP contribution in [0.4, 0.5) is 13.2 Å². The summed E-state index contributed by atoms with van der Waals surface area (Å²) < 4.78 is 68.1. The van der Waals surface area contributed by atoms with Crippen molar-refractivity contribution in [1.82, 2.24) is 20.9 Å². The number of aliphatic hydroxyl groups is 1. The number of carbonyl (C=O) groups excluding carboxylic acids is 3. The molecule has 3 amide bonds. The Morgan fingerprint density at radius 3 is 2.16 bits per heavy atom. The van der Waals surface area contributed by atoms with Crippen molar-refractivity contribution in [2.45, 2.75) is 114 Å². The number of hydrogen-bond acceptors (Lipinski definition) is 8. The van der Waals surface area contributed by atoms with E-state index in [9.17, 15) is 41.1 Å². The van der Waals surface area contributed by atoms with Crippen molar-refractivity contribution in [3.63, 3.8) is 0 Å². The van der Waals surface area contributed by atoms with Crippen molar-refractivity contribution in [2.24, 2.45) is 11.8 Å². The van der Waals surface area contributed by atoms with E-state index >= 15 is 0 Å². The highest BCUT2D eigenvalue weighted by Crippen LogP contribution is 2.39. The van der Waals surface area contributed by atoms with Crippen molar-refractivity contribution in [3.8, 4) is 0 Å². The molecule has 4 rings (SSSR count). The van der Waals surface area contributed by atoms with Gasteiger partial charge < -0.3 is 25.5 Å². The largest absolute Gasteiger partial charge is 0.449 e. The molecule has 284 valence electrons. The average Bonchev–Trinajstić information content (AvgIpc) is 3.53. The fourth-order valence-corrected chi connectivity index (χ4v) is 7.59. The zero-order valence-electron chi connectivity index (χ0n) is 30.0. The molecule has 2 aromatic rings. The number of likely N-dealkylation sites (tertiary alicyclic amines) is 1. The van der Waals surface area contributed by atoms with Gasteiger partial charge in [0.2, 0.25) is 17.6 Å². The molecule has 1 saturated carbocycles. The number of halogens is 3. The number of sulfone groups is 1. The number of rotatable bonds is 12. The third-order valence-corrected chi connectivity index (χ3v) is 12.3. The number of hydrogen-bond donors (Lipinski definition) is 4. The van der Waals surface area contributed by atoms with Crippen LogP contribution in [-0.2, 0) is 32.0 Å². The van der Waals surface area contributed by atoms with E-state index in [0.717, 1.165) is 43.6 Å². The molecule has 0 bridgehead atoms. The summed E-state index contributed by atoms with van der Waals surface area (Å²) in [5, 5.41) is 20.0. The zero-order chi connectivity index (χ0) is 37.9. The molecule has 1 aliphatic carbocycles. The van der Waals surface area contributed by atoms with Gasteiger partial charge in [-0.25, -0.2) is 8.42 Å². The average molecular weight is 741 g/mol. The van der Waals surface area contributed by atoms with Crippen molar-refractivity contribution in [1.29, 1.82) is 0 Å². The summed E-state index contributed by atoms with van der Waals surface area (Å²) >= 11 is 0.